The quantitative estimate of drug-likeness (QED) is 0.784. The second kappa shape index (κ2) is 5.35. The Hall–Kier alpha value is -0.770. The van der Waals surface area contributed by atoms with Crippen LogP contribution in [0.3, 0.4) is 0 Å². The molecule has 1 fully saturated rings. The molecule has 1 aliphatic heterocycles. The largest absolute Gasteiger partial charge is 0.444 e. The molecular weight excluding hydrogens is 194 g/mol. The van der Waals surface area contributed by atoms with E-state index in [1.54, 1.807) is 0 Å². The summed E-state index contributed by atoms with van der Waals surface area (Å²) in [6.45, 7) is 7.04. The second-order valence-electron chi connectivity index (χ2n) is 4.85. The van der Waals surface area contributed by atoms with Crippen molar-refractivity contribution in [3.63, 3.8) is 0 Å². The number of hydrogen-bond acceptors (Lipinski definition) is 3. The highest BCUT2D eigenvalue weighted by Gasteiger charge is 2.18. The fourth-order valence-electron chi connectivity index (χ4n) is 1.52. The molecule has 4 heteroatoms. The lowest BCUT2D eigenvalue weighted by Crippen LogP contribution is -2.33. The van der Waals surface area contributed by atoms with Crippen LogP contribution in [-0.2, 0) is 9.47 Å². The summed E-state index contributed by atoms with van der Waals surface area (Å²) in [5.74, 6) is 0. The van der Waals surface area contributed by atoms with Crippen molar-refractivity contribution in [1.29, 1.82) is 0 Å². The Morgan fingerprint density at radius 1 is 1.53 bits per heavy atom. The number of ether oxygens (including phenoxy) is 2. The predicted molar refractivity (Wildman–Crippen MR) is 57.8 cm³/mol. The minimum absolute atomic E-state index is 0.319. The number of amides is 1. The molecule has 1 aliphatic rings. The molecule has 0 saturated carbocycles. The van der Waals surface area contributed by atoms with E-state index in [0.717, 1.165) is 25.9 Å². The van der Waals surface area contributed by atoms with Crippen molar-refractivity contribution in [2.24, 2.45) is 0 Å². The summed E-state index contributed by atoms with van der Waals surface area (Å²) in [5.41, 5.74) is -0.423. The highest BCUT2D eigenvalue weighted by Crippen LogP contribution is 2.14. The van der Waals surface area contributed by atoms with Crippen LogP contribution in [-0.4, -0.2) is 30.9 Å². The van der Waals surface area contributed by atoms with Crippen LogP contribution in [0.1, 0.15) is 40.0 Å². The van der Waals surface area contributed by atoms with Gasteiger partial charge >= 0.3 is 6.09 Å². The Morgan fingerprint density at radius 2 is 2.27 bits per heavy atom. The molecule has 0 aliphatic carbocycles. The van der Waals surface area contributed by atoms with E-state index in [4.69, 9.17) is 9.47 Å². The average molecular weight is 215 g/mol. The van der Waals surface area contributed by atoms with Gasteiger partial charge in [-0.05, 0) is 40.0 Å². The molecule has 0 aromatic heterocycles. The van der Waals surface area contributed by atoms with Gasteiger partial charge in [-0.2, -0.15) is 0 Å². The number of rotatable bonds is 3. The van der Waals surface area contributed by atoms with Gasteiger partial charge in [0.05, 0.1) is 6.10 Å². The fourth-order valence-corrected chi connectivity index (χ4v) is 1.52. The maximum absolute atomic E-state index is 11.3. The normalized spacial score (nSPS) is 21.4. The van der Waals surface area contributed by atoms with Crippen molar-refractivity contribution >= 4 is 6.09 Å². The first-order valence-electron chi connectivity index (χ1n) is 5.56. The summed E-state index contributed by atoms with van der Waals surface area (Å²) < 4.78 is 10.6. The molecule has 0 aromatic rings. The van der Waals surface area contributed by atoms with E-state index >= 15 is 0 Å². The number of carbonyl (C=O) groups excluding carboxylic acids is 1. The SMILES string of the molecule is CC(C)(C)OC(=O)NCC[C@@H]1CCCO1. The van der Waals surface area contributed by atoms with Crippen molar-refractivity contribution in [3.05, 3.63) is 0 Å². The molecule has 0 bridgehead atoms. The maximum Gasteiger partial charge on any atom is 0.407 e. The molecule has 4 nitrogen and oxygen atoms in total. The predicted octanol–water partition coefficient (Wildman–Crippen LogP) is 2.08. The summed E-state index contributed by atoms with van der Waals surface area (Å²) in [6, 6.07) is 0. The molecule has 1 heterocycles. The van der Waals surface area contributed by atoms with E-state index < -0.39 is 5.60 Å². The van der Waals surface area contributed by atoms with Crippen molar-refractivity contribution in [1.82, 2.24) is 5.32 Å². The summed E-state index contributed by atoms with van der Waals surface area (Å²) in [6.07, 6.45) is 3.09. The van der Waals surface area contributed by atoms with Gasteiger partial charge in [0, 0.05) is 13.2 Å². The van der Waals surface area contributed by atoms with Gasteiger partial charge in [0.1, 0.15) is 5.60 Å². The Labute approximate surface area is 91.3 Å². The molecule has 0 radical (unpaired) electrons. The zero-order chi connectivity index (χ0) is 11.3. The minimum atomic E-state index is -0.423. The zero-order valence-electron chi connectivity index (χ0n) is 9.84. The third kappa shape index (κ3) is 5.62. The number of nitrogens with one attached hydrogen (secondary N) is 1. The smallest absolute Gasteiger partial charge is 0.407 e. The van der Waals surface area contributed by atoms with E-state index in [0.29, 0.717) is 12.6 Å². The lowest BCUT2D eigenvalue weighted by atomic mass is 10.2. The molecule has 0 unspecified atom stereocenters. The van der Waals surface area contributed by atoms with Crippen LogP contribution < -0.4 is 5.32 Å². The van der Waals surface area contributed by atoms with Gasteiger partial charge in [-0.15, -0.1) is 0 Å². The molecular formula is C11H21NO3. The molecule has 0 spiro atoms. The van der Waals surface area contributed by atoms with Gasteiger partial charge in [0.15, 0.2) is 0 Å². The lowest BCUT2D eigenvalue weighted by molar-refractivity contribution is 0.0510. The van der Waals surface area contributed by atoms with E-state index in [2.05, 4.69) is 5.32 Å². The first-order chi connectivity index (χ1) is 6.97. The van der Waals surface area contributed by atoms with Gasteiger partial charge in [0.25, 0.3) is 0 Å². The van der Waals surface area contributed by atoms with Gasteiger partial charge < -0.3 is 14.8 Å². The van der Waals surface area contributed by atoms with Crippen LogP contribution in [0.15, 0.2) is 0 Å². The standard InChI is InChI=1S/C11H21NO3/c1-11(2,3)15-10(13)12-7-6-9-5-4-8-14-9/h9H,4-8H2,1-3H3,(H,12,13)/t9-/m0/s1. The second-order valence-corrected chi connectivity index (χ2v) is 4.85. The van der Waals surface area contributed by atoms with E-state index in [1.807, 2.05) is 20.8 Å². The summed E-state index contributed by atoms with van der Waals surface area (Å²) >= 11 is 0. The molecule has 1 rings (SSSR count). The maximum atomic E-state index is 11.3. The average Bonchev–Trinajstić information content (AvgIpc) is 2.53. The van der Waals surface area contributed by atoms with Crippen molar-refractivity contribution < 1.29 is 14.3 Å². The Kier molecular flexibility index (Phi) is 4.39. The molecule has 0 aromatic carbocycles. The van der Waals surface area contributed by atoms with Gasteiger partial charge in [-0.25, -0.2) is 4.79 Å². The fraction of sp³-hybridized carbons (Fsp3) is 0.909. The van der Waals surface area contributed by atoms with Crippen molar-refractivity contribution in [2.45, 2.75) is 51.7 Å². The van der Waals surface area contributed by atoms with E-state index in [-0.39, 0.29) is 6.09 Å². The molecule has 1 N–H and O–H groups in total. The van der Waals surface area contributed by atoms with Crippen molar-refractivity contribution in [3.8, 4) is 0 Å². The van der Waals surface area contributed by atoms with Gasteiger partial charge in [-0.1, -0.05) is 0 Å². The van der Waals surface area contributed by atoms with Crippen molar-refractivity contribution in [2.75, 3.05) is 13.2 Å². The van der Waals surface area contributed by atoms with Crippen LogP contribution >= 0.6 is 0 Å². The third-order valence-corrected chi connectivity index (χ3v) is 2.16. The minimum Gasteiger partial charge on any atom is -0.444 e. The Morgan fingerprint density at radius 3 is 2.80 bits per heavy atom. The Balaban J connectivity index is 2.06. The van der Waals surface area contributed by atoms with Crippen LogP contribution in [0.2, 0.25) is 0 Å². The monoisotopic (exact) mass is 215 g/mol. The molecule has 1 atom stereocenters. The number of alkyl carbamates (subject to hydrolysis) is 1. The first kappa shape index (κ1) is 12.3. The zero-order valence-corrected chi connectivity index (χ0v) is 9.84. The van der Waals surface area contributed by atoms with Gasteiger partial charge in [-0.3, -0.25) is 0 Å². The van der Waals surface area contributed by atoms with Crippen LogP contribution in [0.4, 0.5) is 4.79 Å². The highest BCUT2D eigenvalue weighted by molar-refractivity contribution is 5.67. The topological polar surface area (TPSA) is 47.6 Å². The van der Waals surface area contributed by atoms with Crippen LogP contribution in [0.25, 0.3) is 0 Å². The summed E-state index contributed by atoms with van der Waals surface area (Å²) in [5, 5.41) is 2.72. The Bertz CT molecular complexity index is 204. The van der Waals surface area contributed by atoms with Gasteiger partial charge in [0.2, 0.25) is 0 Å². The highest BCUT2D eigenvalue weighted by atomic mass is 16.6. The van der Waals surface area contributed by atoms with Crippen LogP contribution in [0.5, 0.6) is 0 Å². The van der Waals surface area contributed by atoms with E-state index in [9.17, 15) is 4.79 Å². The number of hydrogen-bond donors (Lipinski definition) is 1. The first-order valence-corrected chi connectivity index (χ1v) is 5.56. The third-order valence-electron chi connectivity index (χ3n) is 2.16. The number of carbonyl (C=O) groups is 1. The van der Waals surface area contributed by atoms with Crippen LogP contribution in [0, 0.1) is 0 Å². The molecule has 1 saturated heterocycles. The molecule has 1 amide bonds. The summed E-state index contributed by atoms with van der Waals surface area (Å²) in [4.78, 5) is 11.3. The lowest BCUT2D eigenvalue weighted by Gasteiger charge is -2.20. The molecule has 15 heavy (non-hydrogen) atoms. The van der Waals surface area contributed by atoms with E-state index in [1.165, 1.54) is 0 Å². The molecule has 88 valence electrons. The summed E-state index contributed by atoms with van der Waals surface area (Å²) in [7, 11) is 0.